The fraction of sp³-hybridized carbons (Fsp3) is 0.750. The first-order valence-electron chi connectivity index (χ1n) is 7.94. The van der Waals surface area contributed by atoms with Gasteiger partial charge in [0.05, 0.1) is 27.4 Å². The number of hydroxylamine groups is 2. The van der Waals surface area contributed by atoms with E-state index in [-0.39, 0.29) is 24.5 Å². The molecule has 0 N–H and O–H groups in total. The van der Waals surface area contributed by atoms with Gasteiger partial charge in [0.1, 0.15) is 22.9 Å². The minimum absolute atomic E-state index is 0.0127. The highest BCUT2D eigenvalue weighted by molar-refractivity contribution is 6.01. The van der Waals surface area contributed by atoms with Crippen LogP contribution in [0.3, 0.4) is 0 Å². The molecule has 0 aromatic rings. The Morgan fingerprint density at radius 2 is 1.72 bits per heavy atom. The molecule has 3 aliphatic heterocycles. The standard InChI is InChI=1S/C16H23NO8/c1-14(2)17-16(8-23-14,9-7-22-15(3,4)24-9)10(12(18)20-5)11(25-17)13(19)21-6/h9H,7-8H2,1-6H3/t9-,16+/m0/s1. The van der Waals surface area contributed by atoms with Gasteiger partial charge in [-0.15, -0.1) is 0 Å². The van der Waals surface area contributed by atoms with Gasteiger partial charge in [-0.1, -0.05) is 5.06 Å². The maximum absolute atomic E-state index is 12.6. The minimum Gasteiger partial charge on any atom is -0.465 e. The van der Waals surface area contributed by atoms with E-state index in [2.05, 4.69) is 0 Å². The molecule has 0 aliphatic carbocycles. The quantitative estimate of drug-likeness (QED) is 0.669. The number of fused-ring (bicyclic) bond motifs is 1. The zero-order valence-electron chi connectivity index (χ0n) is 15.2. The molecule has 9 heteroatoms. The number of nitrogens with zero attached hydrogens (tertiary/aromatic N) is 1. The van der Waals surface area contributed by atoms with E-state index in [0.717, 1.165) is 0 Å². The summed E-state index contributed by atoms with van der Waals surface area (Å²) in [6.07, 6.45) is -0.611. The van der Waals surface area contributed by atoms with Gasteiger partial charge in [-0.05, 0) is 27.7 Å². The molecule has 0 saturated carbocycles. The number of carbonyl (C=O) groups excluding carboxylic acids is 2. The normalized spacial score (nSPS) is 33.1. The molecule has 25 heavy (non-hydrogen) atoms. The van der Waals surface area contributed by atoms with E-state index in [9.17, 15) is 9.59 Å². The summed E-state index contributed by atoms with van der Waals surface area (Å²) in [6.45, 7) is 7.34. The van der Waals surface area contributed by atoms with E-state index in [4.69, 9.17) is 28.5 Å². The monoisotopic (exact) mass is 357 g/mol. The van der Waals surface area contributed by atoms with Crippen molar-refractivity contribution < 1.29 is 38.1 Å². The molecule has 0 aromatic heterocycles. The molecule has 0 radical (unpaired) electrons. The van der Waals surface area contributed by atoms with Gasteiger partial charge < -0.3 is 28.5 Å². The summed E-state index contributed by atoms with van der Waals surface area (Å²) in [4.78, 5) is 30.5. The fourth-order valence-electron chi connectivity index (χ4n) is 3.49. The second kappa shape index (κ2) is 5.66. The maximum atomic E-state index is 12.6. The van der Waals surface area contributed by atoms with E-state index in [1.54, 1.807) is 27.7 Å². The van der Waals surface area contributed by atoms with E-state index in [0.29, 0.717) is 0 Å². The number of esters is 2. The summed E-state index contributed by atoms with van der Waals surface area (Å²) in [6, 6.07) is 0. The minimum atomic E-state index is -1.19. The van der Waals surface area contributed by atoms with Crippen LogP contribution in [0.2, 0.25) is 0 Å². The molecule has 3 heterocycles. The first-order valence-corrected chi connectivity index (χ1v) is 7.94. The number of hydrogen-bond donors (Lipinski definition) is 0. The Morgan fingerprint density at radius 3 is 2.24 bits per heavy atom. The number of hydrogen-bond acceptors (Lipinski definition) is 9. The molecule has 0 bridgehead atoms. The molecule has 3 aliphatic rings. The highest BCUT2D eigenvalue weighted by Gasteiger charge is 2.69. The molecule has 0 amide bonds. The Hall–Kier alpha value is -1.68. The molecule has 3 rings (SSSR count). The van der Waals surface area contributed by atoms with Gasteiger partial charge in [0.2, 0.25) is 5.76 Å². The molecule has 2 atom stereocenters. The first-order chi connectivity index (χ1) is 11.6. The zero-order chi connectivity index (χ0) is 18.6. The summed E-state index contributed by atoms with van der Waals surface area (Å²) < 4.78 is 27.2. The van der Waals surface area contributed by atoms with Gasteiger partial charge in [-0.25, -0.2) is 9.59 Å². The summed E-state index contributed by atoms with van der Waals surface area (Å²) >= 11 is 0. The van der Waals surface area contributed by atoms with Crippen molar-refractivity contribution in [2.45, 2.75) is 50.8 Å². The lowest BCUT2D eigenvalue weighted by atomic mass is 9.84. The molecule has 2 fully saturated rings. The van der Waals surface area contributed by atoms with Crippen molar-refractivity contribution in [2.75, 3.05) is 27.4 Å². The lowest BCUT2D eigenvalue weighted by Crippen LogP contribution is -2.59. The van der Waals surface area contributed by atoms with Crippen molar-refractivity contribution in [3.05, 3.63) is 11.3 Å². The largest absolute Gasteiger partial charge is 0.465 e. The average molecular weight is 357 g/mol. The second-order valence-corrected chi connectivity index (χ2v) is 7.05. The molecular formula is C16H23NO8. The number of methoxy groups -OCH3 is 2. The van der Waals surface area contributed by atoms with Gasteiger partial charge in [0.25, 0.3) is 0 Å². The topological polar surface area (TPSA) is 92.8 Å². The average Bonchev–Trinajstić information content (AvgIpc) is 3.17. The van der Waals surface area contributed by atoms with Crippen LogP contribution < -0.4 is 0 Å². The third-order valence-corrected chi connectivity index (χ3v) is 4.64. The third kappa shape index (κ3) is 2.53. The van der Waals surface area contributed by atoms with Crippen molar-refractivity contribution >= 4 is 11.9 Å². The van der Waals surface area contributed by atoms with Crippen LogP contribution >= 0.6 is 0 Å². The van der Waals surface area contributed by atoms with Crippen LogP contribution in [-0.4, -0.2) is 67.6 Å². The first kappa shape index (κ1) is 18.1. The molecule has 0 unspecified atom stereocenters. The molecular weight excluding hydrogens is 334 g/mol. The van der Waals surface area contributed by atoms with Crippen molar-refractivity contribution in [1.29, 1.82) is 0 Å². The van der Waals surface area contributed by atoms with Crippen LogP contribution in [0.15, 0.2) is 11.3 Å². The smallest absolute Gasteiger partial charge is 0.376 e. The highest BCUT2D eigenvalue weighted by Crippen LogP contribution is 2.51. The number of ether oxygens (including phenoxy) is 5. The van der Waals surface area contributed by atoms with Crippen molar-refractivity contribution in [2.24, 2.45) is 0 Å². The predicted molar refractivity (Wildman–Crippen MR) is 81.6 cm³/mol. The van der Waals surface area contributed by atoms with E-state index < -0.39 is 35.1 Å². The van der Waals surface area contributed by atoms with Crippen molar-refractivity contribution in [3.63, 3.8) is 0 Å². The predicted octanol–water partition coefficient (Wildman–Crippen LogP) is 0.490. The van der Waals surface area contributed by atoms with Crippen molar-refractivity contribution in [3.8, 4) is 0 Å². The summed E-state index contributed by atoms with van der Waals surface area (Å²) in [5.74, 6) is -2.55. The molecule has 9 nitrogen and oxygen atoms in total. The van der Waals surface area contributed by atoms with Crippen LogP contribution in [0.4, 0.5) is 0 Å². The van der Waals surface area contributed by atoms with Crippen LogP contribution in [0.5, 0.6) is 0 Å². The van der Waals surface area contributed by atoms with E-state index >= 15 is 0 Å². The van der Waals surface area contributed by atoms with Crippen LogP contribution in [0, 0.1) is 0 Å². The Kier molecular flexibility index (Phi) is 4.11. The van der Waals surface area contributed by atoms with Gasteiger partial charge in [-0.2, -0.15) is 0 Å². The Bertz CT molecular complexity index is 640. The van der Waals surface area contributed by atoms with Crippen LogP contribution in [0.25, 0.3) is 0 Å². The van der Waals surface area contributed by atoms with Gasteiger partial charge in [-0.3, -0.25) is 0 Å². The fourth-order valence-corrected chi connectivity index (χ4v) is 3.49. The van der Waals surface area contributed by atoms with E-state index in [1.165, 1.54) is 19.3 Å². The Balaban J connectivity index is 2.16. The molecule has 2 saturated heterocycles. The zero-order valence-corrected chi connectivity index (χ0v) is 15.2. The lowest BCUT2D eigenvalue weighted by Gasteiger charge is -2.37. The van der Waals surface area contributed by atoms with Crippen molar-refractivity contribution in [1.82, 2.24) is 5.06 Å². The van der Waals surface area contributed by atoms with Gasteiger partial charge in [0.15, 0.2) is 5.79 Å². The van der Waals surface area contributed by atoms with Crippen LogP contribution in [0.1, 0.15) is 27.7 Å². The third-order valence-electron chi connectivity index (χ3n) is 4.64. The van der Waals surface area contributed by atoms with Gasteiger partial charge >= 0.3 is 11.9 Å². The summed E-state index contributed by atoms with van der Waals surface area (Å²) in [5.41, 5.74) is -2.09. The molecule has 0 spiro atoms. The summed E-state index contributed by atoms with van der Waals surface area (Å²) in [5, 5.41) is 1.47. The summed E-state index contributed by atoms with van der Waals surface area (Å²) in [7, 11) is 2.45. The number of carbonyl (C=O) groups is 2. The maximum Gasteiger partial charge on any atom is 0.376 e. The lowest BCUT2D eigenvalue weighted by molar-refractivity contribution is -0.249. The second-order valence-electron chi connectivity index (χ2n) is 7.05. The Labute approximate surface area is 145 Å². The Morgan fingerprint density at radius 1 is 1.08 bits per heavy atom. The van der Waals surface area contributed by atoms with E-state index in [1.807, 2.05) is 0 Å². The highest BCUT2D eigenvalue weighted by atomic mass is 16.8. The molecule has 0 aromatic carbocycles. The van der Waals surface area contributed by atoms with Crippen LogP contribution in [-0.2, 0) is 38.1 Å². The SMILES string of the molecule is COC(=O)C1=C(C(=O)OC)[C@]2([C@@H]3COC(C)(C)O3)COC(C)(C)N2O1. The molecule has 140 valence electrons. The number of rotatable bonds is 3. The van der Waals surface area contributed by atoms with Gasteiger partial charge in [0, 0.05) is 0 Å².